The predicted molar refractivity (Wildman–Crippen MR) is 79.4 cm³/mol. The number of benzene rings is 1. The maximum Gasteiger partial charge on any atom is 0.322 e. The highest BCUT2D eigenvalue weighted by atomic mass is 16.3. The molecular formula is C15H18N4O2. The van der Waals surface area contributed by atoms with Crippen molar-refractivity contribution in [2.75, 3.05) is 18.5 Å². The van der Waals surface area contributed by atoms with Gasteiger partial charge in [0.15, 0.2) is 0 Å². The summed E-state index contributed by atoms with van der Waals surface area (Å²) in [6.07, 6.45) is 5.18. The van der Waals surface area contributed by atoms with Crippen LogP contribution in [0.25, 0.3) is 5.69 Å². The molecular weight excluding hydrogens is 268 g/mol. The third-order valence-electron chi connectivity index (χ3n) is 3.70. The minimum absolute atomic E-state index is 0.0106. The highest BCUT2D eigenvalue weighted by Gasteiger charge is 2.28. The number of aliphatic hydroxyl groups excluding tert-OH is 1. The fourth-order valence-corrected chi connectivity index (χ4v) is 2.60. The first-order valence-corrected chi connectivity index (χ1v) is 7.06. The smallest absolute Gasteiger partial charge is 0.322 e. The number of urea groups is 1. The highest BCUT2D eigenvalue weighted by molar-refractivity contribution is 5.89. The number of aliphatic hydroxyl groups is 1. The van der Waals surface area contributed by atoms with Crippen molar-refractivity contribution in [1.29, 1.82) is 0 Å². The third-order valence-corrected chi connectivity index (χ3v) is 3.70. The number of nitrogens with zero attached hydrogens (tertiary/aromatic N) is 3. The predicted octanol–water partition coefficient (Wildman–Crippen LogP) is 1.86. The average Bonchev–Trinajstić information content (AvgIpc) is 3.16. The maximum absolute atomic E-state index is 12.2. The minimum atomic E-state index is -0.181. The summed E-state index contributed by atoms with van der Waals surface area (Å²) < 4.78 is 1.71. The molecule has 0 radical (unpaired) electrons. The summed E-state index contributed by atoms with van der Waals surface area (Å²) in [5.41, 5.74) is 1.58. The van der Waals surface area contributed by atoms with E-state index in [1.165, 1.54) is 0 Å². The summed E-state index contributed by atoms with van der Waals surface area (Å²) in [4.78, 5) is 13.9. The number of amides is 2. The Morgan fingerprint density at radius 3 is 2.95 bits per heavy atom. The zero-order chi connectivity index (χ0) is 14.7. The number of hydrogen-bond donors (Lipinski definition) is 2. The Balaban J connectivity index is 1.69. The van der Waals surface area contributed by atoms with E-state index in [0.29, 0.717) is 12.2 Å². The number of anilines is 1. The van der Waals surface area contributed by atoms with E-state index < -0.39 is 0 Å². The molecule has 1 fully saturated rings. The summed E-state index contributed by atoms with van der Waals surface area (Å²) in [7, 11) is 0. The van der Waals surface area contributed by atoms with E-state index in [4.69, 9.17) is 0 Å². The lowest BCUT2D eigenvalue weighted by molar-refractivity contribution is 0.166. The van der Waals surface area contributed by atoms with Gasteiger partial charge in [0.2, 0.25) is 0 Å². The van der Waals surface area contributed by atoms with Crippen LogP contribution >= 0.6 is 0 Å². The molecule has 2 heterocycles. The first-order chi connectivity index (χ1) is 10.3. The van der Waals surface area contributed by atoms with Crippen LogP contribution in [0.1, 0.15) is 12.8 Å². The van der Waals surface area contributed by atoms with Crippen LogP contribution in [-0.4, -0.2) is 45.0 Å². The largest absolute Gasteiger partial charge is 0.394 e. The molecule has 2 aromatic rings. The minimum Gasteiger partial charge on any atom is -0.394 e. The van der Waals surface area contributed by atoms with E-state index in [-0.39, 0.29) is 18.7 Å². The van der Waals surface area contributed by atoms with Gasteiger partial charge in [-0.15, -0.1) is 0 Å². The monoisotopic (exact) mass is 286 g/mol. The molecule has 2 N–H and O–H groups in total. The van der Waals surface area contributed by atoms with Gasteiger partial charge in [-0.2, -0.15) is 5.10 Å². The first kappa shape index (κ1) is 13.6. The molecule has 1 aromatic carbocycles. The molecule has 1 aliphatic rings. The Morgan fingerprint density at radius 1 is 1.38 bits per heavy atom. The number of para-hydroxylation sites is 1. The summed E-state index contributed by atoms with van der Waals surface area (Å²) in [6.45, 7) is 0.695. The van der Waals surface area contributed by atoms with Gasteiger partial charge in [-0.1, -0.05) is 18.2 Å². The number of rotatable bonds is 3. The van der Waals surface area contributed by atoms with E-state index in [0.717, 1.165) is 18.5 Å². The van der Waals surface area contributed by atoms with Crippen LogP contribution in [-0.2, 0) is 0 Å². The van der Waals surface area contributed by atoms with E-state index >= 15 is 0 Å². The van der Waals surface area contributed by atoms with Gasteiger partial charge in [-0.05, 0) is 25.0 Å². The Morgan fingerprint density at radius 2 is 2.19 bits per heavy atom. The van der Waals surface area contributed by atoms with Gasteiger partial charge in [0.05, 0.1) is 36.4 Å². The maximum atomic E-state index is 12.2. The number of likely N-dealkylation sites (tertiary alicyclic amines) is 1. The quantitative estimate of drug-likeness (QED) is 0.904. The molecule has 3 rings (SSSR count). The molecule has 21 heavy (non-hydrogen) atoms. The number of nitrogens with one attached hydrogen (secondary N) is 1. The van der Waals surface area contributed by atoms with Crippen molar-refractivity contribution >= 4 is 11.7 Å². The number of aromatic nitrogens is 2. The van der Waals surface area contributed by atoms with Crippen molar-refractivity contribution in [2.45, 2.75) is 18.9 Å². The molecule has 110 valence electrons. The van der Waals surface area contributed by atoms with Gasteiger partial charge in [0.1, 0.15) is 0 Å². The Kier molecular flexibility index (Phi) is 3.87. The molecule has 0 bridgehead atoms. The second kappa shape index (κ2) is 5.97. The van der Waals surface area contributed by atoms with Crippen LogP contribution in [0.5, 0.6) is 0 Å². The fraction of sp³-hybridized carbons (Fsp3) is 0.333. The molecule has 1 atom stereocenters. The third kappa shape index (κ3) is 2.90. The molecule has 0 saturated carbocycles. The zero-order valence-electron chi connectivity index (χ0n) is 11.6. The van der Waals surface area contributed by atoms with Crippen molar-refractivity contribution in [3.63, 3.8) is 0 Å². The lowest BCUT2D eigenvalue weighted by Gasteiger charge is -2.22. The lowest BCUT2D eigenvalue weighted by Crippen LogP contribution is -2.40. The molecule has 2 amide bonds. The van der Waals surface area contributed by atoms with Crippen molar-refractivity contribution in [2.24, 2.45) is 0 Å². The second-order valence-corrected chi connectivity index (χ2v) is 5.11. The standard InChI is InChI=1S/C15H18N4O2/c20-11-14-7-4-8-18(14)15(21)17-12-9-16-19(10-12)13-5-2-1-3-6-13/h1-3,5-6,9-10,14,20H,4,7-8,11H2,(H,17,21). The van der Waals surface area contributed by atoms with Crippen LogP contribution < -0.4 is 5.32 Å². The van der Waals surface area contributed by atoms with Crippen LogP contribution in [0.15, 0.2) is 42.7 Å². The van der Waals surface area contributed by atoms with E-state index in [9.17, 15) is 9.90 Å². The van der Waals surface area contributed by atoms with Crippen molar-refractivity contribution in [1.82, 2.24) is 14.7 Å². The summed E-state index contributed by atoms with van der Waals surface area (Å²) in [5.74, 6) is 0. The van der Waals surface area contributed by atoms with Gasteiger partial charge in [-0.3, -0.25) is 0 Å². The normalized spacial score (nSPS) is 18.0. The lowest BCUT2D eigenvalue weighted by atomic mass is 10.2. The zero-order valence-corrected chi connectivity index (χ0v) is 11.6. The summed E-state index contributed by atoms with van der Waals surface area (Å²) in [6, 6.07) is 9.45. The summed E-state index contributed by atoms with van der Waals surface area (Å²) in [5, 5.41) is 16.3. The van der Waals surface area contributed by atoms with E-state index in [1.807, 2.05) is 30.3 Å². The summed E-state index contributed by atoms with van der Waals surface area (Å²) >= 11 is 0. The topological polar surface area (TPSA) is 70.4 Å². The molecule has 0 spiro atoms. The molecule has 1 unspecified atom stereocenters. The number of hydrogen-bond acceptors (Lipinski definition) is 3. The van der Waals surface area contributed by atoms with Crippen LogP contribution in [0.2, 0.25) is 0 Å². The van der Waals surface area contributed by atoms with Crippen LogP contribution in [0, 0.1) is 0 Å². The molecule has 0 aliphatic carbocycles. The van der Waals surface area contributed by atoms with Gasteiger partial charge >= 0.3 is 6.03 Å². The fourth-order valence-electron chi connectivity index (χ4n) is 2.60. The Bertz CT molecular complexity index is 611. The van der Waals surface area contributed by atoms with Gasteiger partial charge in [0.25, 0.3) is 0 Å². The number of carbonyl (C=O) groups excluding carboxylic acids is 1. The molecule has 1 saturated heterocycles. The van der Waals surface area contributed by atoms with Crippen molar-refractivity contribution in [3.8, 4) is 5.69 Å². The first-order valence-electron chi connectivity index (χ1n) is 7.06. The van der Waals surface area contributed by atoms with Gasteiger partial charge in [0, 0.05) is 6.54 Å². The molecule has 1 aromatic heterocycles. The van der Waals surface area contributed by atoms with Gasteiger partial charge < -0.3 is 15.3 Å². The van der Waals surface area contributed by atoms with Crippen molar-refractivity contribution < 1.29 is 9.90 Å². The second-order valence-electron chi connectivity index (χ2n) is 5.11. The highest BCUT2D eigenvalue weighted by Crippen LogP contribution is 2.18. The van der Waals surface area contributed by atoms with Gasteiger partial charge in [-0.25, -0.2) is 9.48 Å². The van der Waals surface area contributed by atoms with Crippen LogP contribution in [0.3, 0.4) is 0 Å². The molecule has 6 nitrogen and oxygen atoms in total. The Labute approximate surface area is 123 Å². The molecule has 6 heteroatoms. The SMILES string of the molecule is O=C(Nc1cnn(-c2ccccc2)c1)N1CCCC1CO. The van der Waals surface area contributed by atoms with E-state index in [2.05, 4.69) is 10.4 Å². The van der Waals surface area contributed by atoms with E-state index in [1.54, 1.807) is 22.0 Å². The van der Waals surface area contributed by atoms with Crippen molar-refractivity contribution in [3.05, 3.63) is 42.7 Å². The number of carbonyl (C=O) groups is 1. The Hall–Kier alpha value is -2.34. The van der Waals surface area contributed by atoms with Crippen LogP contribution in [0.4, 0.5) is 10.5 Å². The average molecular weight is 286 g/mol. The molecule has 1 aliphatic heterocycles.